The molecular weight excluding hydrogens is 420 g/mol. The predicted octanol–water partition coefficient (Wildman–Crippen LogP) is 3.57. The number of benzene rings is 2. The maximum Gasteiger partial charge on any atom is 0.295 e. The quantitative estimate of drug-likeness (QED) is 0.271. The van der Waals surface area contributed by atoms with Crippen molar-refractivity contribution in [3.05, 3.63) is 70.9 Å². The zero-order valence-electron chi connectivity index (χ0n) is 18.7. The third kappa shape index (κ3) is 3.49. The zero-order chi connectivity index (χ0) is 23.1. The van der Waals surface area contributed by atoms with Gasteiger partial charge in [-0.05, 0) is 36.2 Å². The fourth-order valence-corrected chi connectivity index (χ4v) is 4.89. The number of carbonyl (C=O) groups excluding carboxylic acids is 2. The third-order valence-electron chi connectivity index (χ3n) is 6.47. The van der Waals surface area contributed by atoms with E-state index in [1.54, 1.807) is 24.1 Å². The minimum Gasteiger partial charge on any atom is -0.507 e. The smallest absolute Gasteiger partial charge is 0.295 e. The number of hydrogen-bond acceptors (Lipinski definition) is 5. The molecule has 3 heterocycles. The fourth-order valence-electron chi connectivity index (χ4n) is 4.89. The number of likely N-dealkylation sites (tertiary alicyclic amines) is 1. The summed E-state index contributed by atoms with van der Waals surface area (Å²) in [6.45, 7) is 1.41. The summed E-state index contributed by atoms with van der Waals surface area (Å²) in [6, 6.07) is 12.6. The van der Waals surface area contributed by atoms with Crippen LogP contribution in [0.15, 0.2) is 54.2 Å². The van der Waals surface area contributed by atoms with Crippen LogP contribution in [0.2, 0.25) is 0 Å². The van der Waals surface area contributed by atoms with Gasteiger partial charge in [0.05, 0.1) is 18.2 Å². The van der Waals surface area contributed by atoms with Gasteiger partial charge in [0, 0.05) is 62.0 Å². The van der Waals surface area contributed by atoms with Crippen LogP contribution < -0.4 is 4.74 Å². The summed E-state index contributed by atoms with van der Waals surface area (Å²) in [5, 5.41) is 12.3. The standard InChI is InChI=1S/C26H26N2O5/c1-27-15-19(18-6-3-4-7-20(18)27)23-22(25(30)26(31)28(23)11-5-12-32-2)24(29)17-8-9-21-16(14-17)10-13-33-21/h3-4,6-9,14-15,23,29H,5,10-13H2,1-2H3/b24-22+. The molecule has 1 N–H and O–H groups in total. The second-order valence-electron chi connectivity index (χ2n) is 8.47. The number of Topliss-reactive ketones (excluding diaryl/α,β-unsaturated/α-hetero) is 1. The fraction of sp³-hybridized carbons (Fsp3) is 0.308. The number of fused-ring (bicyclic) bond motifs is 2. The van der Waals surface area contributed by atoms with E-state index in [0.29, 0.717) is 31.7 Å². The monoisotopic (exact) mass is 446 g/mol. The summed E-state index contributed by atoms with van der Waals surface area (Å²) < 4.78 is 12.7. The maximum atomic E-state index is 13.3. The number of aliphatic hydroxyl groups is 1. The average molecular weight is 447 g/mol. The number of ether oxygens (including phenoxy) is 2. The Hall–Kier alpha value is -3.58. The Morgan fingerprint density at radius 3 is 2.85 bits per heavy atom. The number of aliphatic hydroxyl groups excluding tert-OH is 1. The Balaban J connectivity index is 1.68. The van der Waals surface area contributed by atoms with Gasteiger partial charge in [0.15, 0.2) is 0 Å². The van der Waals surface area contributed by atoms with Crippen LogP contribution in [-0.4, -0.2) is 53.1 Å². The van der Waals surface area contributed by atoms with Gasteiger partial charge in [-0.15, -0.1) is 0 Å². The summed E-state index contributed by atoms with van der Waals surface area (Å²) in [5.74, 6) is -0.637. The molecule has 1 unspecified atom stereocenters. The largest absolute Gasteiger partial charge is 0.507 e. The molecule has 2 aliphatic heterocycles. The molecule has 0 radical (unpaired) electrons. The van der Waals surface area contributed by atoms with Gasteiger partial charge in [0.2, 0.25) is 0 Å². The molecule has 7 heteroatoms. The van der Waals surface area contributed by atoms with E-state index >= 15 is 0 Å². The second-order valence-corrected chi connectivity index (χ2v) is 8.47. The van der Waals surface area contributed by atoms with E-state index in [0.717, 1.165) is 34.2 Å². The molecule has 0 bridgehead atoms. The molecule has 0 saturated carbocycles. The first-order valence-corrected chi connectivity index (χ1v) is 11.1. The summed E-state index contributed by atoms with van der Waals surface area (Å²) in [5.41, 5.74) is 3.42. The van der Waals surface area contributed by atoms with Gasteiger partial charge in [0.1, 0.15) is 11.5 Å². The van der Waals surface area contributed by atoms with Crippen LogP contribution in [0.5, 0.6) is 5.75 Å². The van der Waals surface area contributed by atoms with Gasteiger partial charge in [-0.3, -0.25) is 9.59 Å². The summed E-state index contributed by atoms with van der Waals surface area (Å²) in [4.78, 5) is 27.9. The van der Waals surface area contributed by atoms with Crippen molar-refractivity contribution >= 4 is 28.4 Å². The zero-order valence-corrected chi connectivity index (χ0v) is 18.7. The topological polar surface area (TPSA) is 81.0 Å². The molecule has 2 aromatic carbocycles. The van der Waals surface area contributed by atoms with Crippen molar-refractivity contribution < 1.29 is 24.2 Å². The third-order valence-corrected chi connectivity index (χ3v) is 6.47. The number of rotatable bonds is 6. The maximum absolute atomic E-state index is 13.3. The van der Waals surface area contributed by atoms with Gasteiger partial charge in [-0.1, -0.05) is 18.2 Å². The number of carbonyl (C=O) groups is 2. The minimum absolute atomic E-state index is 0.118. The molecule has 0 spiro atoms. The summed E-state index contributed by atoms with van der Waals surface area (Å²) in [6.07, 6.45) is 3.27. The van der Waals surface area contributed by atoms with Crippen LogP contribution in [0.1, 0.15) is 29.2 Å². The number of amides is 1. The highest BCUT2D eigenvalue weighted by molar-refractivity contribution is 6.46. The molecular formula is C26H26N2O5. The lowest BCUT2D eigenvalue weighted by Crippen LogP contribution is -2.31. The lowest BCUT2D eigenvalue weighted by molar-refractivity contribution is -0.140. The van der Waals surface area contributed by atoms with Crippen LogP contribution in [0.25, 0.3) is 16.7 Å². The van der Waals surface area contributed by atoms with E-state index in [9.17, 15) is 14.7 Å². The molecule has 33 heavy (non-hydrogen) atoms. The SMILES string of the molecule is COCCCN1C(=O)C(=O)/C(=C(/O)c2ccc3c(c2)CCO3)C1c1cn(C)c2ccccc12. The normalized spacial score (nSPS) is 19.3. The Morgan fingerprint density at radius 2 is 2.03 bits per heavy atom. The first kappa shape index (κ1) is 21.3. The Kier molecular flexibility index (Phi) is 5.42. The van der Waals surface area contributed by atoms with Crippen LogP contribution in [0.3, 0.4) is 0 Å². The molecule has 1 atom stereocenters. The number of nitrogens with zero attached hydrogens (tertiary/aromatic N) is 2. The number of aryl methyl sites for hydroxylation is 1. The van der Waals surface area contributed by atoms with Crippen molar-refractivity contribution in [1.29, 1.82) is 0 Å². The minimum atomic E-state index is -0.683. The average Bonchev–Trinajstić information content (AvgIpc) is 3.49. The van der Waals surface area contributed by atoms with Gasteiger partial charge < -0.3 is 24.0 Å². The van der Waals surface area contributed by atoms with E-state index in [2.05, 4.69) is 0 Å². The molecule has 170 valence electrons. The van der Waals surface area contributed by atoms with Gasteiger partial charge in [-0.2, -0.15) is 0 Å². The Morgan fingerprint density at radius 1 is 1.21 bits per heavy atom. The van der Waals surface area contributed by atoms with Crippen LogP contribution in [0, 0.1) is 0 Å². The molecule has 0 aliphatic carbocycles. The van der Waals surface area contributed by atoms with E-state index in [4.69, 9.17) is 9.47 Å². The van der Waals surface area contributed by atoms with Crippen molar-refractivity contribution in [1.82, 2.24) is 9.47 Å². The molecule has 3 aromatic rings. The highest BCUT2D eigenvalue weighted by atomic mass is 16.5. The Labute approximate surface area is 191 Å². The number of aromatic nitrogens is 1. The number of ketones is 1. The molecule has 1 fully saturated rings. The Bertz CT molecular complexity index is 1290. The molecule has 2 aliphatic rings. The lowest BCUT2D eigenvalue weighted by Gasteiger charge is -2.25. The van der Waals surface area contributed by atoms with Crippen molar-refractivity contribution in [2.75, 3.05) is 26.9 Å². The number of para-hydroxylation sites is 1. The van der Waals surface area contributed by atoms with E-state index in [1.807, 2.05) is 48.1 Å². The molecule has 5 rings (SSSR count). The van der Waals surface area contributed by atoms with Crippen molar-refractivity contribution in [2.45, 2.75) is 18.9 Å². The first-order chi connectivity index (χ1) is 16.0. The second kappa shape index (κ2) is 8.41. The molecule has 1 aromatic heterocycles. The molecule has 7 nitrogen and oxygen atoms in total. The van der Waals surface area contributed by atoms with Crippen LogP contribution >= 0.6 is 0 Å². The predicted molar refractivity (Wildman–Crippen MR) is 124 cm³/mol. The van der Waals surface area contributed by atoms with Crippen LogP contribution in [-0.2, 0) is 27.8 Å². The number of hydrogen-bond donors (Lipinski definition) is 1. The highest BCUT2D eigenvalue weighted by Gasteiger charge is 2.46. The highest BCUT2D eigenvalue weighted by Crippen LogP contribution is 2.43. The summed E-state index contributed by atoms with van der Waals surface area (Å²) in [7, 11) is 3.54. The van der Waals surface area contributed by atoms with Crippen LogP contribution in [0.4, 0.5) is 0 Å². The van der Waals surface area contributed by atoms with Gasteiger partial charge in [0.25, 0.3) is 11.7 Å². The lowest BCUT2D eigenvalue weighted by atomic mass is 9.94. The first-order valence-electron chi connectivity index (χ1n) is 11.1. The van der Waals surface area contributed by atoms with E-state index in [1.165, 1.54) is 0 Å². The van der Waals surface area contributed by atoms with E-state index < -0.39 is 17.7 Å². The molecule has 1 amide bonds. The van der Waals surface area contributed by atoms with Crippen molar-refractivity contribution in [3.8, 4) is 5.75 Å². The van der Waals surface area contributed by atoms with Crippen molar-refractivity contribution in [2.24, 2.45) is 7.05 Å². The van der Waals surface area contributed by atoms with Gasteiger partial charge >= 0.3 is 0 Å². The summed E-state index contributed by atoms with van der Waals surface area (Å²) >= 11 is 0. The molecule has 1 saturated heterocycles. The number of methoxy groups -OCH3 is 1. The van der Waals surface area contributed by atoms with E-state index in [-0.39, 0.29) is 11.3 Å². The van der Waals surface area contributed by atoms with Crippen molar-refractivity contribution in [3.63, 3.8) is 0 Å². The van der Waals surface area contributed by atoms with Gasteiger partial charge in [-0.25, -0.2) is 0 Å².